The molecule has 3 saturated heterocycles. The Bertz CT molecular complexity index is 784. The zero-order valence-corrected chi connectivity index (χ0v) is 16.1. The van der Waals surface area contributed by atoms with Crippen LogP contribution in [-0.4, -0.2) is 66.0 Å². The number of amides is 1. The minimum absolute atomic E-state index is 0.119. The third-order valence-corrected chi connectivity index (χ3v) is 6.96. The van der Waals surface area contributed by atoms with Crippen molar-refractivity contribution in [1.82, 2.24) is 14.9 Å². The molecular weight excluding hydrogens is 364 g/mol. The molecule has 0 aromatic carbocycles. The normalized spacial score (nSPS) is 23.4. The molecule has 0 saturated carbocycles. The molecule has 0 unspecified atom stereocenters. The van der Waals surface area contributed by atoms with Crippen LogP contribution in [0, 0.1) is 5.92 Å². The van der Waals surface area contributed by atoms with Crippen LogP contribution in [0.25, 0.3) is 10.3 Å². The quantitative estimate of drug-likeness (QED) is 0.786. The highest BCUT2D eigenvalue weighted by Gasteiger charge is 2.42. The van der Waals surface area contributed by atoms with Crippen molar-refractivity contribution in [2.24, 2.45) is 5.92 Å². The third kappa shape index (κ3) is 3.30. The molecule has 7 nitrogen and oxygen atoms in total. The average Bonchev–Trinajstić information content (AvgIpc) is 3.35. The summed E-state index contributed by atoms with van der Waals surface area (Å²) in [6.45, 7) is 4.58. The number of ether oxygens (including phenoxy) is 2. The number of likely N-dealkylation sites (tertiary alicyclic amines) is 1. The topological polar surface area (TPSA) is 67.8 Å². The van der Waals surface area contributed by atoms with Gasteiger partial charge in [-0.05, 0) is 25.0 Å². The van der Waals surface area contributed by atoms with Gasteiger partial charge < -0.3 is 19.3 Å². The van der Waals surface area contributed by atoms with Crippen LogP contribution < -0.4 is 4.90 Å². The van der Waals surface area contributed by atoms with E-state index in [0.29, 0.717) is 19.1 Å². The minimum Gasteiger partial charge on any atom is -0.348 e. The Labute approximate surface area is 162 Å². The van der Waals surface area contributed by atoms with Gasteiger partial charge in [-0.3, -0.25) is 4.79 Å². The number of anilines is 1. The van der Waals surface area contributed by atoms with E-state index < -0.39 is 5.79 Å². The predicted octanol–water partition coefficient (Wildman–Crippen LogP) is 2.27. The molecule has 5 heterocycles. The van der Waals surface area contributed by atoms with Crippen LogP contribution >= 0.6 is 11.3 Å². The lowest BCUT2D eigenvalue weighted by atomic mass is 9.94. The Kier molecular flexibility index (Phi) is 4.49. The van der Waals surface area contributed by atoms with Crippen molar-refractivity contribution in [2.75, 3.05) is 44.3 Å². The minimum atomic E-state index is -0.416. The van der Waals surface area contributed by atoms with E-state index in [2.05, 4.69) is 9.88 Å². The first-order chi connectivity index (χ1) is 13.2. The van der Waals surface area contributed by atoms with Crippen LogP contribution in [0.15, 0.2) is 18.3 Å². The van der Waals surface area contributed by atoms with Crippen LogP contribution in [0.3, 0.4) is 0 Å². The van der Waals surface area contributed by atoms with E-state index in [1.54, 1.807) is 17.5 Å². The Hall–Kier alpha value is -1.77. The summed E-state index contributed by atoms with van der Waals surface area (Å²) in [6, 6.07) is 3.92. The maximum atomic E-state index is 12.9. The second kappa shape index (κ2) is 7.00. The molecule has 5 rings (SSSR count). The Morgan fingerprint density at radius 1 is 1.15 bits per heavy atom. The molecule has 0 atom stereocenters. The monoisotopic (exact) mass is 388 g/mol. The van der Waals surface area contributed by atoms with Crippen LogP contribution in [0.5, 0.6) is 0 Å². The second-order valence-electron chi connectivity index (χ2n) is 7.52. The molecule has 0 bridgehead atoms. The smallest absolute Gasteiger partial charge is 0.225 e. The SMILES string of the molecule is O=C(C1CCN(c2nc3cccnc3s2)CC1)N1CCC2(CC1)OCCO2. The summed E-state index contributed by atoms with van der Waals surface area (Å²) in [7, 11) is 0. The largest absolute Gasteiger partial charge is 0.348 e. The lowest BCUT2D eigenvalue weighted by Crippen LogP contribution is -2.50. The number of fused-ring (bicyclic) bond motifs is 1. The number of hydrogen-bond donors (Lipinski definition) is 0. The predicted molar refractivity (Wildman–Crippen MR) is 103 cm³/mol. The first-order valence-electron chi connectivity index (χ1n) is 9.76. The lowest BCUT2D eigenvalue weighted by molar-refractivity contribution is -0.188. The molecule has 3 aliphatic rings. The van der Waals surface area contributed by atoms with Gasteiger partial charge in [0, 0.05) is 51.1 Å². The Morgan fingerprint density at radius 3 is 2.59 bits per heavy atom. The Morgan fingerprint density at radius 2 is 1.89 bits per heavy atom. The lowest BCUT2D eigenvalue weighted by Gasteiger charge is -2.40. The third-order valence-electron chi connectivity index (χ3n) is 5.92. The average molecular weight is 388 g/mol. The number of thiazole rings is 1. The summed E-state index contributed by atoms with van der Waals surface area (Å²) < 4.78 is 11.5. The van der Waals surface area contributed by atoms with Crippen molar-refractivity contribution in [3.8, 4) is 0 Å². The van der Waals surface area contributed by atoms with Crippen molar-refractivity contribution in [3.05, 3.63) is 18.3 Å². The highest BCUT2D eigenvalue weighted by Crippen LogP contribution is 2.34. The maximum Gasteiger partial charge on any atom is 0.225 e. The molecule has 0 N–H and O–H groups in total. The molecule has 2 aromatic heterocycles. The summed E-state index contributed by atoms with van der Waals surface area (Å²) in [5.74, 6) is 0.00257. The molecule has 3 aliphatic heterocycles. The molecule has 0 radical (unpaired) electrons. The standard InChI is InChI=1S/C19H24N4O3S/c24-17(22-10-5-19(6-11-22)25-12-13-26-19)14-3-8-23(9-4-14)18-21-15-2-1-7-20-16(15)27-18/h1-2,7,14H,3-6,8-13H2. The van der Waals surface area contributed by atoms with Gasteiger partial charge in [-0.2, -0.15) is 0 Å². The van der Waals surface area contributed by atoms with E-state index in [-0.39, 0.29) is 5.92 Å². The van der Waals surface area contributed by atoms with Crippen LogP contribution in [-0.2, 0) is 14.3 Å². The zero-order valence-electron chi connectivity index (χ0n) is 15.3. The summed E-state index contributed by atoms with van der Waals surface area (Å²) in [6.07, 6.45) is 5.15. The summed E-state index contributed by atoms with van der Waals surface area (Å²) in [4.78, 5) is 27.3. The summed E-state index contributed by atoms with van der Waals surface area (Å²) in [5, 5.41) is 1.02. The van der Waals surface area contributed by atoms with Crippen LogP contribution in [0.4, 0.5) is 5.13 Å². The van der Waals surface area contributed by atoms with Gasteiger partial charge in [0.05, 0.1) is 13.2 Å². The maximum absolute atomic E-state index is 12.9. The van der Waals surface area contributed by atoms with Crippen molar-refractivity contribution in [2.45, 2.75) is 31.5 Å². The fraction of sp³-hybridized carbons (Fsp3) is 0.632. The number of nitrogens with zero attached hydrogens (tertiary/aromatic N) is 4. The van der Waals surface area contributed by atoms with Crippen molar-refractivity contribution < 1.29 is 14.3 Å². The van der Waals surface area contributed by atoms with Crippen LogP contribution in [0.2, 0.25) is 0 Å². The first-order valence-corrected chi connectivity index (χ1v) is 10.6. The fourth-order valence-electron chi connectivity index (χ4n) is 4.32. The van der Waals surface area contributed by atoms with Gasteiger partial charge in [-0.1, -0.05) is 11.3 Å². The molecule has 1 spiro atoms. The highest BCUT2D eigenvalue weighted by atomic mass is 32.1. The van der Waals surface area contributed by atoms with Crippen molar-refractivity contribution in [3.63, 3.8) is 0 Å². The van der Waals surface area contributed by atoms with Gasteiger partial charge in [0.2, 0.25) is 5.91 Å². The van der Waals surface area contributed by atoms with E-state index in [1.807, 2.05) is 17.0 Å². The van der Waals surface area contributed by atoms with Gasteiger partial charge in [-0.25, -0.2) is 9.97 Å². The molecule has 2 aromatic rings. The first kappa shape index (κ1) is 17.3. The van der Waals surface area contributed by atoms with E-state index in [4.69, 9.17) is 14.5 Å². The van der Waals surface area contributed by atoms with Crippen LogP contribution in [0.1, 0.15) is 25.7 Å². The molecule has 3 fully saturated rings. The highest BCUT2D eigenvalue weighted by molar-refractivity contribution is 7.21. The van der Waals surface area contributed by atoms with E-state index in [0.717, 1.165) is 67.3 Å². The fourth-order valence-corrected chi connectivity index (χ4v) is 5.28. The van der Waals surface area contributed by atoms with Gasteiger partial charge in [0.1, 0.15) is 10.3 Å². The number of rotatable bonds is 2. The van der Waals surface area contributed by atoms with Gasteiger partial charge in [-0.15, -0.1) is 0 Å². The van der Waals surface area contributed by atoms with Crippen molar-refractivity contribution in [1.29, 1.82) is 0 Å². The molecule has 144 valence electrons. The van der Waals surface area contributed by atoms with E-state index in [1.165, 1.54) is 0 Å². The number of carbonyl (C=O) groups excluding carboxylic acids is 1. The Balaban J connectivity index is 1.17. The van der Waals surface area contributed by atoms with E-state index in [9.17, 15) is 4.79 Å². The van der Waals surface area contributed by atoms with Gasteiger partial charge in [0.25, 0.3) is 0 Å². The summed E-state index contributed by atoms with van der Waals surface area (Å²) >= 11 is 1.63. The molecule has 8 heteroatoms. The summed E-state index contributed by atoms with van der Waals surface area (Å²) in [5.41, 5.74) is 0.953. The second-order valence-corrected chi connectivity index (χ2v) is 8.47. The van der Waals surface area contributed by atoms with Gasteiger partial charge in [0.15, 0.2) is 10.9 Å². The zero-order chi connectivity index (χ0) is 18.3. The number of pyridine rings is 1. The molecule has 27 heavy (non-hydrogen) atoms. The molecule has 1 amide bonds. The number of carbonyl (C=O) groups is 1. The molecule has 0 aliphatic carbocycles. The number of piperidine rings is 2. The number of aromatic nitrogens is 2. The van der Waals surface area contributed by atoms with E-state index >= 15 is 0 Å². The van der Waals surface area contributed by atoms with Gasteiger partial charge >= 0.3 is 0 Å². The molecular formula is C19H24N4O3S. The van der Waals surface area contributed by atoms with Crippen molar-refractivity contribution >= 4 is 32.7 Å². The number of hydrogen-bond acceptors (Lipinski definition) is 7.